The van der Waals surface area contributed by atoms with E-state index in [1.54, 1.807) is 7.11 Å². The van der Waals surface area contributed by atoms with Crippen LogP contribution in [0.15, 0.2) is 0 Å². The average molecular weight is 176 g/mol. The summed E-state index contributed by atoms with van der Waals surface area (Å²) < 4.78 is 20.3. The lowest BCUT2D eigenvalue weighted by molar-refractivity contribution is -0.122. The summed E-state index contributed by atoms with van der Waals surface area (Å²) in [6, 6.07) is 0. The van der Waals surface area contributed by atoms with Crippen molar-refractivity contribution in [3.8, 4) is 0 Å². The summed E-state index contributed by atoms with van der Waals surface area (Å²) in [7, 11) is 1.61. The van der Waals surface area contributed by atoms with E-state index in [0.717, 1.165) is 6.61 Å². The third kappa shape index (κ3) is 4.66. The molecule has 0 radical (unpaired) electrons. The highest BCUT2D eigenvalue weighted by molar-refractivity contribution is 4.66. The molecule has 2 unspecified atom stereocenters. The van der Waals surface area contributed by atoms with Gasteiger partial charge in [-0.1, -0.05) is 0 Å². The number of hydrogen-bond donors (Lipinski definition) is 0. The zero-order valence-corrected chi connectivity index (χ0v) is 7.62. The van der Waals surface area contributed by atoms with E-state index in [-0.39, 0.29) is 6.29 Å². The molecule has 0 bridgehead atoms. The maximum atomic E-state index is 5.25. The molecule has 2 atom stereocenters. The summed E-state index contributed by atoms with van der Waals surface area (Å²) in [6.07, 6.45) is 0.190. The largest absolute Gasteiger partial charge is 0.376 e. The molecule has 0 aromatic carbocycles. The Hall–Kier alpha value is -0.160. The van der Waals surface area contributed by atoms with Gasteiger partial charge in [-0.15, -0.1) is 0 Å². The first kappa shape index (κ1) is 9.92. The monoisotopic (exact) mass is 176 g/mol. The second-order valence-electron chi connectivity index (χ2n) is 2.70. The van der Waals surface area contributed by atoms with Crippen LogP contribution in [0.2, 0.25) is 0 Å². The Morgan fingerprint density at radius 3 is 2.83 bits per heavy atom. The zero-order chi connectivity index (χ0) is 8.81. The van der Waals surface area contributed by atoms with Crippen LogP contribution in [0.1, 0.15) is 6.92 Å². The molecular formula is C8H16O4. The molecule has 1 saturated heterocycles. The molecule has 0 aromatic rings. The smallest absolute Gasteiger partial charge is 0.154 e. The van der Waals surface area contributed by atoms with Crippen LogP contribution in [0, 0.1) is 0 Å². The Bertz CT molecular complexity index is 114. The molecule has 1 aliphatic rings. The second kappa shape index (κ2) is 5.48. The van der Waals surface area contributed by atoms with Gasteiger partial charge in [-0.2, -0.15) is 0 Å². The molecule has 0 N–H and O–H groups in total. The van der Waals surface area contributed by atoms with Crippen LogP contribution in [0.5, 0.6) is 0 Å². The quantitative estimate of drug-likeness (QED) is 0.320. The van der Waals surface area contributed by atoms with Crippen molar-refractivity contribution in [3.05, 3.63) is 0 Å². The van der Waals surface area contributed by atoms with Gasteiger partial charge < -0.3 is 18.9 Å². The van der Waals surface area contributed by atoms with Gasteiger partial charge in [0.1, 0.15) is 6.10 Å². The number of hydrogen-bond acceptors (Lipinski definition) is 4. The lowest BCUT2D eigenvalue weighted by atomic mass is 10.5. The molecule has 1 heterocycles. The summed E-state index contributed by atoms with van der Waals surface area (Å²) >= 11 is 0. The Labute approximate surface area is 72.7 Å². The second-order valence-corrected chi connectivity index (χ2v) is 2.70. The van der Waals surface area contributed by atoms with Crippen molar-refractivity contribution < 1.29 is 18.9 Å². The zero-order valence-electron chi connectivity index (χ0n) is 7.62. The predicted molar refractivity (Wildman–Crippen MR) is 43.0 cm³/mol. The minimum atomic E-state index is -0.147. The first-order chi connectivity index (χ1) is 5.83. The lowest BCUT2D eigenvalue weighted by Crippen LogP contribution is -2.15. The molecule has 72 valence electrons. The van der Waals surface area contributed by atoms with Gasteiger partial charge in [-0.25, -0.2) is 0 Å². The van der Waals surface area contributed by atoms with Crippen LogP contribution < -0.4 is 0 Å². The standard InChI is InChI=1S/C8H16O4/c1-7(9-2)11-4-3-10-5-8-6-12-8/h7-8H,3-6H2,1-2H3. The molecule has 0 spiro atoms. The van der Waals surface area contributed by atoms with Crippen molar-refractivity contribution >= 4 is 0 Å². The average Bonchev–Trinajstić information content (AvgIpc) is 2.87. The van der Waals surface area contributed by atoms with Crippen molar-refractivity contribution in [1.29, 1.82) is 0 Å². The van der Waals surface area contributed by atoms with E-state index in [0.29, 0.717) is 25.9 Å². The van der Waals surface area contributed by atoms with Crippen molar-refractivity contribution in [1.82, 2.24) is 0 Å². The van der Waals surface area contributed by atoms with E-state index in [1.807, 2.05) is 6.92 Å². The van der Waals surface area contributed by atoms with Gasteiger partial charge in [0, 0.05) is 7.11 Å². The van der Waals surface area contributed by atoms with Crippen LogP contribution in [0.25, 0.3) is 0 Å². The van der Waals surface area contributed by atoms with Crippen LogP contribution in [0.4, 0.5) is 0 Å². The fourth-order valence-corrected chi connectivity index (χ4v) is 0.720. The molecule has 0 aliphatic carbocycles. The number of methoxy groups -OCH3 is 1. The third-order valence-corrected chi connectivity index (χ3v) is 1.62. The topological polar surface area (TPSA) is 40.2 Å². The molecule has 0 saturated carbocycles. The maximum absolute atomic E-state index is 5.25. The first-order valence-corrected chi connectivity index (χ1v) is 4.16. The molecular weight excluding hydrogens is 160 g/mol. The summed E-state index contributed by atoms with van der Waals surface area (Å²) in [5, 5.41) is 0. The molecule has 0 aromatic heterocycles. The van der Waals surface area contributed by atoms with Crippen molar-refractivity contribution in [2.24, 2.45) is 0 Å². The van der Waals surface area contributed by atoms with E-state index >= 15 is 0 Å². The van der Waals surface area contributed by atoms with Crippen LogP contribution >= 0.6 is 0 Å². The van der Waals surface area contributed by atoms with E-state index in [1.165, 1.54) is 0 Å². The van der Waals surface area contributed by atoms with E-state index in [2.05, 4.69) is 0 Å². The highest BCUT2D eigenvalue weighted by Crippen LogP contribution is 2.08. The van der Waals surface area contributed by atoms with Gasteiger partial charge in [0.25, 0.3) is 0 Å². The number of epoxide rings is 1. The van der Waals surface area contributed by atoms with E-state index < -0.39 is 0 Å². The summed E-state index contributed by atoms with van der Waals surface area (Å²) in [5.41, 5.74) is 0. The van der Waals surface area contributed by atoms with Gasteiger partial charge in [0.15, 0.2) is 6.29 Å². The molecule has 12 heavy (non-hydrogen) atoms. The van der Waals surface area contributed by atoms with Gasteiger partial charge in [0.05, 0.1) is 26.4 Å². The Balaban J connectivity index is 1.75. The summed E-state index contributed by atoms with van der Waals surface area (Å²) in [4.78, 5) is 0. The van der Waals surface area contributed by atoms with Crippen LogP contribution in [-0.4, -0.2) is 45.9 Å². The Morgan fingerprint density at radius 2 is 2.25 bits per heavy atom. The van der Waals surface area contributed by atoms with E-state index in [4.69, 9.17) is 18.9 Å². The molecule has 1 fully saturated rings. The normalized spacial score (nSPS) is 24.0. The highest BCUT2D eigenvalue weighted by Gasteiger charge is 2.21. The van der Waals surface area contributed by atoms with Crippen molar-refractivity contribution in [3.63, 3.8) is 0 Å². The Morgan fingerprint density at radius 1 is 1.50 bits per heavy atom. The molecule has 1 rings (SSSR count). The lowest BCUT2D eigenvalue weighted by Gasteiger charge is -2.10. The first-order valence-electron chi connectivity index (χ1n) is 4.16. The molecule has 4 heteroatoms. The van der Waals surface area contributed by atoms with Gasteiger partial charge >= 0.3 is 0 Å². The maximum Gasteiger partial charge on any atom is 0.154 e. The molecule has 4 nitrogen and oxygen atoms in total. The fraction of sp³-hybridized carbons (Fsp3) is 1.00. The van der Waals surface area contributed by atoms with Gasteiger partial charge in [-0.05, 0) is 6.92 Å². The SMILES string of the molecule is COC(C)OCCOCC1CO1. The Kier molecular flexibility index (Phi) is 4.53. The summed E-state index contributed by atoms with van der Waals surface area (Å²) in [6.45, 7) is 4.55. The van der Waals surface area contributed by atoms with Crippen molar-refractivity contribution in [2.75, 3.05) is 33.5 Å². The van der Waals surface area contributed by atoms with Crippen LogP contribution in [-0.2, 0) is 18.9 Å². The highest BCUT2D eigenvalue weighted by atomic mass is 16.7. The van der Waals surface area contributed by atoms with Crippen molar-refractivity contribution in [2.45, 2.75) is 19.3 Å². The number of ether oxygens (including phenoxy) is 4. The minimum absolute atomic E-state index is 0.147. The molecule has 1 aliphatic heterocycles. The van der Waals surface area contributed by atoms with Gasteiger partial charge in [0.2, 0.25) is 0 Å². The van der Waals surface area contributed by atoms with E-state index in [9.17, 15) is 0 Å². The predicted octanol–water partition coefficient (Wildman–Crippen LogP) is 0.411. The van der Waals surface area contributed by atoms with Crippen LogP contribution in [0.3, 0.4) is 0 Å². The number of rotatable bonds is 7. The summed E-state index contributed by atoms with van der Waals surface area (Å²) in [5.74, 6) is 0. The molecule has 0 amide bonds. The fourth-order valence-electron chi connectivity index (χ4n) is 0.720. The third-order valence-electron chi connectivity index (χ3n) is 1.62. The van der Waals surface area contributed by atoms with Gasteiger partial charge in [-0.3, -0.25) is 0 Å². The minimum Gasteiger partial charge on any atom is -0.376 e.